The van der Waals surface area contributed by atoms with E-state index >= 15 is 0 Å². The highest BCUT2D eigenvalue weighted by molar-refractivity contribution is 5.46. The molecule has 0 aliphatic carbocycles. The van der Waals surface area contributed by atoms with E-state index < -0.39 is 0 Å². The van der Waals surface area contributed by atoms with Crippen molar-refractivity contribution < 1.29 is 5.11 Å². The summed E-state index contributed by atoms with van der Waals surface area (Å²) in [6.45, 7) is 10.4. The molecule has 2 heterocycles. The Morgan fingerprint density at radius 3 is 2.90 bits per heavy atom. The number of anilines is 1. The van der Waals surface area contributed by atoms with E-state index in [9.17, 15) is 5.11 Å². The van der Waals surface area contributed by atoms with Crippen LogP contribution in [0.1, 0.15) is 51.4 Å². The second-order valence-electron chi connectivity index (χ2n) is 6.75. The molecular weight excluding hydrogens is 250 g/mol. The van der Waals surface area contributed by atoms with E-state index in [0.29, 0.717) is 0 Å². The monoisotopic (exact) mass is 277 g/mol. The number of aliphatic hydroxyl groups is 1. The summed E-state index contributed by atoms with van der Waals surface area (Å²) < 4.78 is 0. The predicted octanol–water partition coefficient (Wildman–Crippen LogP) is 2.72. The number of nitrogens with zero attached hydrogens (tertiary/aromatic N) is 3. The van der Waals surface area contributed by atoms with E-state index in [0.717, 1.165) is 50.4 Å². The maximum absolute atomic E-state index is 10.1. The molecule has 1 aliphatic rings. The van der Waals surface area contributed by atoms with Gasteiger partial charge in [0.1, 0.15) is 11.6 Å². The minimum atomic E-state index is -0.201. The van der Waals surface area contributed by atoms with Gasteiger partial charge in [0, 0.05) is 24.8 Å². The Kier molecular flexibility index (Phi) is 4.63. The summed E-state index contributed by atoms with van der Waals surface area (Å²) >= 11 is 0. The standard InChI is InChI=1S/C16H27N3O/c1-5-6-13-10-17-12(2)18-15(13)19-8-7-14(20)9-16(3,4)11-19/h10,14,20H,5-9,11H2,1-4H3/t14-/m0/s1. The molecule has 4 heteroatoms. The third-order valence-electron chi connectivity index (χ3n) is 3.92. The van der Waals surface area contributed by atoms with Gasteiger partial charge in [-0.3, -0.25) is 0 Å². The van der Waals surface area contributed by atoms with Crippen LogP contribution in [-0.4, -0.2) is 34.3 Å². The van der Waals surface area contributed by atoms with Crippen LogP contribution in [0, 0.1) is 12.3 Å². The van der Waals surface area contributed by atoms with Gasteiger partial charge in [-0.25, -0.2) is 9.97 Å². The third kappa shape index (κ3) is 3.69. The van der Waals surface area contributed by atoms with Crippen LogP contribution >= 0.6 is 0 Å². The summed E-state index contributed by atoms with van der Waals surface area (Å²) in [5, 5.41) is 10.1. The zero-order chi connectivity index (χ0) is 14.8. The minimum absolute atomic E-state index is 0.109. The van der Waals surface area contributed by atoms with Gasteiger partial charge >= 0.3 is 0 Å². The molecule has 20 heavy (non-hydrogen) atoms. The number of rotatable bonds is 3. The van der Waals surface area contributed by atoms with Crippen LogP contribution in [-0.2, 0) is 6.42 Å². The van der Waals surface area contributed by atoms with E-state index in [1.807, 2.05) is 13.1 Å². The first-order valence-corrected chi connectivity index (χ1v) is 7.67. The molecule has 112 valence electrons. The molecule has 0 bridgehead atoms. The van der Waals surface area contributed by atoms with Crippen LogP contribution in [0.15, 0.2) is 6.20 Å². The average molecular weight is 277 g/mol. The highest BCUT2D eigenvalue weighted by atomic mass is 16.3. The molecule has 1 aliphatic heterocycles. The van der Waals surface area contributed by atoms with E-state index in [4.69, 9.17) is 0 Å². The van der Waals surface area contributed by atoms with Gasteiger partial charge in [0.05, 0.1) is 6.10 Å². The lowest BCUT2D eigenvalue weighted by Gasteiger charge is -2.31. The van der Waals surface area contributed by atoms with Crippen molar-refractivity contribution in [3.63, 3.8) is 0 Å². The van der Waals surface area contributed by atoms with Crippen LogP contribution in [0.5, 0.6) is 0 Å². The Hall–Kier alpha value is -1.16. The molecule has 0 saturated carbocycles. The molecule has 0 aromatic carbocycles. The molecule has 0 spiro atoms. The molecular formula is C16H27N3O. The molecule has 4 nitrogen and oxygen atoms in total. The van der Waals surface area contributed by atoms with Crippen LogP contribution in [0.25, 0.3) is 0 Å². The van der Waals surface area contributed by atoms with Crippen LogP contribution < -0.4 is 4.90 Å². The van der Waals surface area contributed by atoms with E-state index in [1.54, 1.807) is 0 Å². The fourth-order valence-electron chi connectivity index (χ4n) is 3.09. The van der Waals surface area contributed by atoms with Crippen LogP contribution in [0.3, 0.4) is 0 Å². The Bertz CT molecular complexity index is 459. The predicted molar refractivity (Wildman–Crippen MR) is 82.0 cm³/mol. The van der Waals surface area contributed by atoms with Crippen molar-refractivity contribution in [3.05, 3.63) is 17.6 Å². The zero-order valence-electron chi connectivity index (χ0n) is 13.2. The summed E-state index contributed by atoms with van der Waals surface area (Å²) in [6.07, 6.45) is 5.55. The summed E-state index contributed by atoms with van der Waals surface area (Å²) in [4.78, 5) is 11.4. The van der Waals surface area contributed by atoms with Crippen molar-refractivity contribution >= 4 is 5.82 Å². The van der Waals surface area contributed by atoms with Crippen molar-refractivity contribution in [2.45, 2.75) is 59.5 Å². The highest BCUT2D eigenvalue weighted by Crippen LogP contribution is 2.31. The quantitative estimate of drug-likeness (QED) is 0.923. The first-order valence-electron chi connectivity index (χ1n) is 7.67. The molecule has 1 atom stereocenters. The second-order valence-corrected chi connectivity index (χ2v) is 6.75. The Morgan fingerprint density at radius 1 is 1.45 bits per heavy atom. The van der Waals surface area contributed by atoms with Gasteiger partial charge in [0.15, 0.2) is 0 Å². The first-order chi connectivity index (χ1) is 9.41. The molecule has 1 aromatic heterocycles. The number of hydrogen-bond donors (Lipinski definition) is 1. The average Bonchev–Trinajstić information content (AvgIpc) is 2.49. The molecule has 1 fully saturated rings. The minimum Gasteiger partial charge on any atom is -0.393 e. The van der Waals surface area contributed by atoms with Gasteiger partial charge in [0.25, 0.3) is 0 Å². The summed E-state index contributed by atoms with van der Waals surface area (Å²) in [5.74, 6) is 1.89. The smallest absolute Gasteiger partial charge is 0.135 e. The summed E-state index contributed by atoms with van der Waals surface area (Å²) in [6, 6.07) is 0. The molecule has 1 aromatic rings. The maximum Gasteiger partial charge on any atom is 0.135 e. The molecule has 0 radical (unpaired) electrons. The lowest BCUT2D eigenvalue weighted by Crippen LogP contribution is -2.34. The molecule has 1 saturated heterocycles. The topological polar surface area (TPSA) is 49.2 Å². The third-order valence-corrected chi connectivity index (χ3v) is 3.92. The highest BCUT2D eigenvalue weighted by Gasteiger charge is 2.30. The molecule has 2 rings (SSSR count). The van der Waals surface area contributed by atoms with E-state index in [2.05, 4.69) is 35.6 Å². The van der Waals surface area contributed by atoms with Gasteiger partial charge in [0.2, 0.25) is 0 Å². The zero-order valence-corrected chi connectivity index (χ0v) is 13.2. The Labute approximate surface area is 122 Å². The molecule has 0 unspecified atom stereocenters. The number of aryl methyl sites for hydroxylation is 2. The van der Waals surface area contributed by atoms with Gasteiger partial charge in [-0.1, -0.05) is 27.2 Å². The SMILES string of the molecule is CCCc1cnc(C)nc1N1CC[C@H](O)CC(C)(C)C1. The van der Waals surface area contributed by atoms with Gasteiger partial charge in [-0.05, 0) is 31.6 Å². The van der Waals surface area contributed by atoms with Crippen molar-refractivity contribution in [1.29, 1.82) is 0 Å². The van der Waals surface area contributed by atoms with Gasteiger partial charge in [-0.2, -0.15) is 0 Å². The van der Waals surface area contributed by atoms with Crippen molar-refractivity contribution in [1.82, 2.24) is 9.97 Å². The Balaban J connectivity index is 2.31. The molecule has 0 amide bonds. The molecule has 1 N–H and O–H groups in total. The Morgan fingerprint density at radius 2 is 2.20 bits per heavy atom. The first kappa shape index (κ1) is 15.2. The van der Waals surface area contributed by atoms with Crippen molar-refractivity contribution in [3.8, 4) is 0 Å². The van der Waals surface area contributed by atoms with Crippen molar-refractivity contribution in [2.24, 2.45) is 5.41 Å². The van der Waals surface area contributed by atoms with Crippen LogP contribution in [0.4, 0.5) is 5.82 Å². The van der Waals surface area contributed by atoms with E-state index in [1.165, 1.54) is 5.56 Å². The number of aromatic nitrogens is 2. The normalized spacial score (nSPS) is 22.6. The van der Waals surface area contributed by atoms with E-state index in [-0.39, 0.29) is 11.5 Å². The van der Waals surface area contributed by atoms with Crippen LogP contribution in [0.2, 0.25) is 0 Å². The fraction of sp³-hybridized carbons (Fsp3) is 0.750. The maximum atomic E-state index is 10.1. The van der Waals surface area contributed by atoms with Gasteiger partial charge in [-0.15, -0.1) is 0 Å². The van der Waals surface area contributed by atoms with Gasteiger partial charge < -0.3 is 10.0 Å². The number of aliphatic hydroxyl groups excluding tert-OH is 1. The summed E-state index contributed by atoms with van der Waals surface area (Å²) in [5.41, 5.74) is 1.34. The summed E-state index contributed by atoms with van der Waals surface area (Å²) in [7, 11) is 0. The number of hydrogen-bond acceptors (Lipinski definition) is 4. The fourth-order valence-corrected chi connectivity index (χ4v) is 3.09. The lowest BCUT2D eigenvalue weighted by atomic mass is 9.87. The largest absolute Gasteiger partial charge is 0.393 e. The lowest BCUT2D eigenvalue weighted by molar-refractivity contribution is 0.123. The second kappa shape index (κ2) is 6.08. The van der Waals surface area contributed by atoms with Crippen molar-refractivity contribution in [2.75, 3.05) is 18.0 Å².